The van der Waals surface area contributed by atoms with Gasteiger partial charge in [-0.1, -0.05) is 32.9 Å². The molecule has 1 aromatic rings. The Morgan fingerprint density at radius 3 is 2.48 bits per heavy atom. The van der Waals surface area contributed by atoms with Crippen LogP contribution in [0.25, 0.3) is 0 Å². The molecule has 0 spiro atoms. The van der Waals surface area contributed by atoms with Crippen LogP contribution < -0.4 is 5.73 Å². The van der Waals surface area contributed by atoms with Crippen molar-refractivity contribution in [3.05, 3.63) is 29.8 Å². The average molecular weight is 307 g/mol. The van der Waals surface area contributed by atoms with Crippen molar-refractivity contribution in [2.24, 2.45) is 5.73 Å². The summed E-state index contributed by atoms with van der Waals surface area (Å²) in [5.74, 6) is -0.284. The monoisotopic (exact) mass is 307 g/mol. The number of carbonyl (C=O) groups is 1. The Morgan fingerprint density at radius 2 is 1.95 bits per heavy atom. The molecule has 0 amide bonds. The SMILES string of the molecule is COC(=O)C1(N)CCC(Sc2ccc(C(C)(C)C)cc2)C1. The van der Waals surface area contributed by atoms with Crippen molar-refractivity contribution < 1.29 is 9.53 Å². The van der Waals surface area contributed by atoms with Crippen molar-refractivity contribution in [1.29, 1.82) is 0 Å². The number of carbonyl (C=O) groups excluding carboxylic acids is 1. The fraction of sp³-hybridized carbons (Fsp3) is 0.588. The largest absolute Gasteiger partial charge is 0.468 e. The first-order valence-corrected chi connectivity index (χ1v) is 8.27. The molecule has 3 nitrogen and oxygen atoms in total. The van der Waals surface area contributed by atoms with Gasteiger partial charge in [0, 0.05) is 10.1 Å². The molecule has 2 rings (SSSR count). The highest BCUT2D eigenvalue weighted by atomic mass is 32.2. The molecule has 1 fully saturated rings. The molecule has 0 bridgehead atoms. The van der Waals surface area contributed by atoms with Gasteiger partial charge in [0.05, 0.1) is 7.11 Å². The Bertz CT molecular complexity index is 507. The number of hydrogen-bond acceptors (Lipinski definition) is 4. The molecule has 1 saturated carbocycles. The number of nitrogens with two attached hydrogens (primary N) is 1. The van der Waals surface area contributed by atoms with Crippen LogP contribution in [-0.2, 0) is 14.9 Å². The van der Waals surface area contributed by atoms with Gasteiger partial charge >= 0.3 is 5.97 Å². The van der Waals surface area contributed by atoms with Gasteiger partial charge in [-0.15, -0.1) is 11.8 Å². The van der Waals surface area contributed by atoms with Gasteiger partial charge in [-0.05, 0) is 42.4 Å². The van der Waals surface area contributed by atoms with Crippen molar-refractivity contribution >= 4 is 17.7 Å². The Labute approximate surface area is 131 Å². The van der Waals surface area contributed by atoms with E-state index in [1.807, 2.05) is 11.8 Å². The lowest BCUT2D eigenvalue weighted by molar-refractivity contribution is -0.146. The summed E-state index contributed by atoms with van der Waals surface area (Å²) in [4.78, 5) is 13.0. The maximum Gasteiger partial charge on any atom is 0.325 e. The zero-order chi connectivity index (χ0) is 15.7. The molecule has 2 atom stereocenters. The van der Waals surface area contributed by atoms with Gasteiger partial charge in [-0.2, -0.15) is 0 Å². The maximum absolute atomic E-state index is 11.7. The molecule has 0 radical (unpaired) electrons. The maximum atomic E-state index is 11.7. The zero-order valence-corrected chi connectivity index (χ0v) is 14.1. The van der Waals surface area contributed by atoms with Crippen LogP contribution in [0.2, 0.25) is 0 Å². The van der Waals surface area contributed by atoms with Crippen molar-refractivity contribution in [2.45, 2.75) is 61.1 Å². The van der Waals surface area contributed by atoms with E-state index < -0.39 is 5.54 Å². The van der Waals surface area contributed by atoms with Crippen LogP contribution >= 0.6 is 11.8 Å². The molecule has 0 saturated heterocycles. The van der Waals surface area contributed by atoms with E-state index in [-0.39, 0.29) is 11.4 Å². The first kappa shape index (κ1) is 16.4. The number of thioether (sulfide) groups is 1. The molecule has 0 aliphatic heterocycles. The zero-order valence-electron chi connectivity index (χ0n) is 13.3. The van der Waals surface area contributed by atoms with Gasteiger partial charge in [0.1, 0.15) is 5.54 Å². The third-order valence-electron chi connectivity index (χ3n) is 4.12. The predicted molar refractivity (Wildman–Crippen MR) is 87.6 cm³/mol. The Balaban J connectivity index is 1.99. The fourth-order valence-corrected chi connectivity index (χ4v) is 4.04. The first-order valence-electron chi connectivity index (χ1n) is 7.39. The molecular formula is C17H25NO2S. The average Bonchev–Trinajstić information content (AvgIpc) is 2.80. The number of rotatable bonds is 3. The van der Waals surface area contributed by atoms with E-state index in [1.165, 1.54) is 17.6 Å². The number of esters is 1. The Kier molecular flexibility index (Phi) is 4.69. The van der Waals surface area contributed by atoms with E-state index in [0.717, 1.165) is 6.42 Å². The van der Waals surface area contributed by atoms with Gasteiger partial charge in [0.2, 0.25) is 0 Å². The molecule has 1 aliphatic carbocycles. The highest BCUT2D eigenvalue weighted by Gasteiger charge is 2.43. The second kappa shape index (κ2) is 6.01. The summed E-state index contributed by atoms with van der Waals surface area (Å²) >= 11 is 1.81. The standard InChI is InChI=1S/C17H25NO2S/c1-16(2,3)12-5-7-13(8-6-12)21-14-9-10-17(18,11-14)15(19)20-4/h5-8,14H,9-11,18H2,1-4H3. The smallest absolute Gasteiger partial charge is 0.325 e. The van der Waals surface area contributed by atoms with Gasteiger partial charge in [-0.3, -0.25) is 4.79 Å². The fourth-order valence-electron chi connectivity index (χ4n) is 2.74. The molecule has 2 N–H and O–H groups in total. The lowest BCUT2D eigenvalue weighted by Crippen LogP contribution is -2.46. The quantitative estimate of drug-likeness (QED) is 0.868. The van der Waals surface area contributed by atoms with Crippen LogP contribution in [0.15, 0.2) is 29.2 Å². The van der Waals surface area contributed by atoms with Crippen LogP contribution in [0.1, 0.15) is 45.6 Å². The number of hydrogen-bond donors (Lipinski definition) is 1. The molecular weight excluding hydrogens is 282 g/mol. The molecule has 0 aromatic heterocycles. The van der Waals surface area contributed by atoms with Gasteiger partial charge in [0.25, 0.3) is 0 Å². The highest BCUT2D eigenvalue weighted by Crippen LogP contribution is 2.40. The number of benzene rings is 1. The summed E-state index contributed by atoms with van der Waals surface area (Å²) in [7, 11) is 1.41. The van der Waals surface area contributed by atoms with Crippen LogP contribution in [0.4, 0.5) is 0 Å². The number of methoxy groups -OCH3 is 1. The van der Waals surface area contributed by atoms with Gasteiger partial charge in [0.15, 0.2) is 0 Å². The lowest BCUT2D eigenvalue weighted by atomic mass is 9.87. The van der Waals surface area contributed by atoms with E-state index in [2.05, 4.69) is 45.0 Å². The summed E-state index contributed by atoms with van der Waals surface area (Å²) in [6.45, 7) is 6.64. The molecule has 2 unspecified atom stereocenters. The summed E-state index contributed by atoms with van der Waals surface area (Å²) < 4.78 is 4.82. The molecule has 1 aromatic carbocycles. The van der Waals surface area contributed by atoms with E-state index in [9.17, 15) is 4.79 Å². The molecule has 1 aliphatic rings. The normalized spacial score (nSPS) is 25.9. The van der Waals surface area contributed by atoms with Crippen LogP contribution in [-0.4, -0.2) is 23.9 Å². The van der Waals surface area contributed by atoms with Crippen molar-refractivity contribution in [1.82, 2.24) is 0 Å². The van der Waals surface area contributed by atoms with E-state index >= 15 is 0 Å². The van der Waals surface area contributed by atoms with E-state index in [0.29, 0.717) is 18.1 Å². The molecule has 21 heavy (non-hydrogen) atoms. The second-order valence-corrected chi connectivity index (χ2v) is 8.28. The van der Waals surface area contributed by atoms with E-state index in [1.54, 1.807) is 0 Å². The lowest BCUT2D eigenvalue weighted by Gasteiger charge is -2.21. The second-order valence-electron chi connectivity index (χ2n) is 6.90. The van der Waals surface area contributed by atoms with Crippen LogP contribution in [0, 0.1) is 0 Å². The van der Waals surface area contributed by atoms with Crippen molar-refractivity contribution in [2.75, 3.05) is 7.11 Å². The van der Waals surface area contributed by atoms with Gasteiger partial charge < -0.3 is 10.5 Å². The van der Waals surface area contributed by atoms with Crippen molar-refractivity contribution in [3.8, 4) is 0 Å². The third-order valence-corrected chi connectivity index (χ3v) is 5.40. The summed E-state index contributed by atoms with van der Waals surface area (Å²) in [5, 5.41) is 0.384. The predicted octanol–water partition coefficient (Wildman–Crippen LogP) is 3.50. The summed E-state index contributed by atoms with van der Waals surface area (Å²) in [6, 6.07) is 8.71. The topological polar surface area (TPSA) is 52.3 Å². The van der Waals surface area contributed by atoms with E-state index in [4.69, 9.17) is 10.5 Å². The molecule has 4 heteroatoms. The number of ether oxygens (including phenoxy) is 1. The molecule has 116 valence electrons. The highest BCUT2D eigenvalue weighted by molar-refractivity contribution is 8.00. The summed E-state index contributed by atoms with van der Waals surface area (Å²) in [5.41, 5.74) is 6.87. The first-order chi connectivity index (χ1) is 9.74. The Hall–Kier alpha value is -1.00. The van der Waals surface area contributed by atoms with Crippen LogP contribution in [0.3, 0.4) is 0 Å². The Morgan fingerprint density at radius 1 is 1.33 bits per heavy atom. The molecule has 0 heterocycles. The van der Waals surface area contributed by atoms with Crippen LogP contribution in [0.5, 0.6) is 0 Å². The minimum absolute atomic E-state index is 0.174. The summed E-state index contributed by atoms with van der Waals surface area (Å²) in [6.07, 6.45) is 2.35. The minimum Gasteiger partial charge on any atom is -0.468 e. The van der Waals surface area contributed by atoms with Crippen molar-refractivity contribution in [3.63, 3.8) is 0 Å². The third kappa shape index (κ3) is 3.80. The minimum atomic E-state index is -0.794. The van der Waals surface area contributed by atoms with Gasteiger partial charge in [-0.25, -0.2) is 0 Å².